The van der Waals surface area contributed by atoms with Crippen molar-refractivity contribution in [2.75, 3.05) is 0 Å². The molecule has 0 spiro atoms. The lowest BCUT2D eigenvalue weighted by Gasteiger charge is -1.84. The van der Waals surface area contributed by atoms with Gasteiger partial charge in [-0.2, -0.15) is 0 Å². The minimum atomic E-state index is -0.475. The van der Waals surface area contributed by atoms with E-state index in [1.165, 1.54) is 12.1 Å². The van der Waals surface area contributed by atoms with Crippen molar-refractivity contribution < 1.29 is 4.39 Å². The van der Waals surface area contributed by atoms with Crippen LogP contribution in [-0.2, 0) is 0 Å². The van der Waals surface area contributed by atoms with E-state index in [9.17, 15) is 4.39 Å². The Morgan fingerprint density at radius 2 is 2.38 bits per heavy atom. The fraction of sp³-hybridized carbons (Fsp3) is 0. The van der Waals surface area contributed by atoms with E-state index in [4.69, 9.17) is 11.6 Å². The third-order valence-corrected chi connectivity index (χ3v) is 0.884. The summed E-state index contributed by atoms with van der Waals surface area (Å²) in [5.74, 6) is -0.475. The van der Waals surface area contributed by atoms with Gasteiger partial charge in [0, 0.05) is 11.1 Å². The molecule has 0 aromatic heterocycles. The smallest absolute Gasteiger partial charge is 0.133 e. The van der Waals surface area contributed by atoms with Gasteiger partial charge in [-0.25, -0.2) is 4.39 Å². The topological polar surface area (TPSA) is 0 Å². The summed E-state index contributed by atoms with van der Waals surface area (Å²) in [6.07, 6.45) is 0. The predicted octanol–water partition coefficient (Wildman–Crippen LogP) is 2.08. The van der Waals surface area contributed by atoms with E-state index in [1.54, 1.807) is 0 Å². The maximum Gasteiger partial charge on any atom is 0.133 e. The first kappa shape index (κ1) is 5.57. The maximum atomic E-state index is 12.0. The molecule has 1 rings (SSSR count). The van der Waals surface area contributed by atoms with Crippen LogP contribution in [0.25, 0.3) is 0 Å². The number of hydrogen-bond donors (Lipinski definition) is 0. The van der Waals surface area contributed by atoms with Gasteiger partial charge < -0.3 is 0 Å². The van der Waals surface area contributed by atoms with Gasteiger partial charge in [-0.05, 0) is 18.2 Å². The molecule has 0 fully saturated rings. The second-order valence-electron chi connectivity index (χ2n) is 1.29. The van der Waals surface area contributed by atoms with E-state index in [0.717, 1.165) is 0 Å². The number of benzene rings is 1. The van der Waals surface area contributed by atoms with E-state index in [0.29, 0.717) is 5.02 Å². The highest BCUT2D eigenvalue weighted by Gasteiger charge is 1.87. The van der Waals surface area contributed by atoms with Crippen LogP contribution in [0.5, 0.6) is 0 Å². The van der Waals surface area contributed by atoms with Crippen molar-refractivity contribution in [2.24, 2.45) is 0 Å². The van der Waals surface area contributed by atoms with Gasteiger partial charge in [0.05, 0.1) is 0 Å². The molecule has 0 aliphatic carbocycles. The Bertz CT molecular complexity index is 168. The standard InChI is InChI=1S/C6H2ClF/c7-5-2-1-3-6(8)4-5/h2,4H. The molecule has 2 radical (unpaired) electrons. The summed E-state index contributed by atoms with van der Waals surface area (Å²) in [7, 11) is 0. The van der Waals surface area contributed by atoms with Gasteiger partial charge in [-0.1, -0.05) is 11.6 Å². The largest absolute Gasteiger partial charge is 0.206 e. The summed E-state index contributed by atoms with van der Waals surface area (Å²) in [5, 5.41) is 0.348. The molecule has 1 aromatic rings. The van der Waals surface area contributed by atoms with Crippen LogP contribution < -0.4 is 0 Å². The van der Waals surface area contributed by atoms with Crippen molar-refractivity contribution in [3.8, 4) is 0 Å². The van der Waals surface area contributed by atoms with E-state index in [2.05, 4.69) is 12.1 Å². The fourth-order valence-corrected chi connectivity index (χ4v) is 0.523. The molecule has 0 amide bonds. The Labute approximate surface area is 51.9 Å². The third kappa shape index (κ3) is 1.20. The van der Waals surface area contributed by atoms with Crippen molar-refractivity contribution in [1.29, 1.82) is 0 Å². The highest BCUT2D eigenvalue weighted by atomic mass is 35.5. The molecule has 0 saturated heterocycles. The van der Waals surface area contributed by atoms with Gasteiger partial charge in [0.15, 0.2) is 0 Å². The Morgan fingerprint density at radius 3 is 2.75 bits per heavy atom. The van der Waals surface area contributed by atoms with E-state index < -0.39 is 5.82 Å². The van der Waals surface area contributed by atoms with Gasteiger partial charge in [0.25, 0.3) is 0 Å². The molecule has 40 valence electrons. The SMILES string of the molecule is Fc1[c][c]cc(Cl)c1. The average Bonchev–Trinajstić information content (AvgIpc) is 1.64. The quantitative estimate of drug-likeness (QED) is 0.502. The van der Waals surface area contributed by atoms with Crippen LogP contribution in [0.4, 0.5) is 4.39 Å². The monoisotopic (exact) mass is 128 g/mol. The van der Waals surface area contributed by atoms with Gasteiger partial charge in [0.2, 0.25) is 0 Å². The summed E-state index contributed by atoms with van der Waals surface area (Å²) in [6.45, 7) is 0. The minimum absolute atomic E-state index is 0.348. The van der Waals surface area contributed by atoms with Crippen molar-refractivity contribution in [2.45, 2.75) is 0 Å². The first-order chi connectivity index (χ1) is 3.79. The second-order valence-corrected chi connectivity index (χ2v) is 1.73. The summed E-state index contributed by atoms with van der Waals surface area (Å²) in [6, 6.07) is 7.22. The third-order valence-electron chi connectivity index (χ3n) is 0.666. The van der Waals surface area contributed by atoms with E-state index in [1.807, 2.05) is 0 Å². The molecule has 0 unspecified atom stereocenters. The van der Waals surface area contributed by atoms with Gasteiger partial charge >= 0.3 is 0 Å². The molecule has 0 bridgehead atoms. The number of halogens is 2. The van der Waals surface area contributed by atoms with E-state index in [-0.39, 0.29) is 0 Å². The Kier molecular flexibility index (Phi) is 1.49. The molecule has 2 heteroatoms. The molecule has 8 heavy (non-hydrogen) atoms. The summed E-state index contributed by atoms with van der Waals surface area (Å²) in [4.78, 5) is 0. The normalized spacial score (nSPS) is 9.25. The molecular formula is C6H2ClF. The van der Waals surface area contributed by atoms with Gasteiger partial charge in [0.1, 0.15) is 5.82 Å². The van der Waals surface area contributed by atoms with Crippen molar-refractivity contribution >= 4 is 11.6 Å². The highest BCUT2D eigenvalue weighted by Crippen LogP contribution is 2.06. The van der Waals surface area contributed by atoms with Crippen LogP contribution in [0.2, 0.25) is 5.02 Å². The fourth-order valence-electron chi connectivity index (χ4n) is 0.373. The van der Waals surface area contributed by atoms with Crippen molar-refractivity contribution in [1.82, 2.24) is 0 Å². The predicted molar refractivity (Wildman–Crippen MR) is 29.1 cm³/mol. The molecule has 1 aromatic carbocycles. The Balaban J connectivity index is 3.08. The lowest BCUT2D eigenvalue weighted by Crippen LogP contribution is -1.69. The number of hydrogen-bond acceptors (Lipinski definition) is 0. The molecule has 0 saturated carbocycles. The van der Waals surface area contributed by atoms with Crippen molar-refractivity contribution in [3.63, 3.8) is 0 Å². The number of rotatable bonds is 0. The first-order valence-corrected chi connectivity index (χ1v) is 2.41. The molecule has 0 nitrogen and oxygen atoms in total. The van der Waals surface area contributed by atoms with Gasteiger partial charge in [-0.3, -0.25) is 0 Å². The maximum absolute atomic E-state index is 12.0. The molecular weight excluding hydrogens is 127 g/mol. The molecule has 0 aliphatic rings. The zero-order chi connectivity index (χ0) is 5.98. The van der Waals surface area contributed by atoms with Crippen LogP contribution in [0.3, 0.4) is 0 Å². The van der Waals surface area contributed by atoms with Gasteiger partial charge in [-0.15, -0.1) is 0 Å². The molecule has 0 atom stereocenters. The zero-order valence-electron chi connectivity index (χ0n) is 3.91. The lowest BCUT2D eigenvalue weighted by molar-refractivity contribution is 0.625. The van der Waals surface area contributed by atoms with Crippen molar-refractivity contribution in [3.05, 3.63) is 35.1 Å². The van der Waals surface area contributed by atoms with Crippen LogP contribution in [-0.4, -0.2) is 0 Å². The first-order valence-electron chi connectivity index (χ1n) is 2.03. The van der Waals surface area contributed by atoms with Crippen LogP contribution >= 0.6 is 11.6 Å². The Hall–Kier alpha value is -0.560. The molecule has 0 aliphatic heterocycles. The molecule has 0 N–H and O–H groups in total. The average molecular weight is 129 g/mol. The minimum Gasteiger partial charge on any atom is -0.206 e. The summed E-state index contributed by atoms with van der Waals surface area (Å²) < 4.78 is 12.0. The second kappa shape index (κ2) is 2.14. The van der Waals surface area contributed by atoms with Crippen LogP contribution in [0, 0.1) is 17.9 Å². The summed E-state index contributed by atoms with van der Waals surface area (Å²) in [5.41, 5.74) is 0. The molecule has 0 heterocycles. The summed E-state index contributed by atoms with van der Waals surface area (Å²) >= 11 is 5.35. The zero-order valence-corrected chi connectivity index (χ0v) is 4.67. The highest BCUT2D eigenvalue weighted by molar-refractivity contribution is 6.30. The van der Waals surface area contributed by atoms with Crippen LogP contribution in [0.15, 0.2) is 12.1 Å². The van der Waals surface area contributed by atoms with E-state index >= 15 is 0 Å². The Morgan fingerprint density at radius 1 is 1.62 bits per heavy atom. The lowest BCUT2D eigenvalue weighted by atomic mass is 10.4. The van der Waals surface area contributed by atoms with Crippen LogP contribution in [0.1, 0.15) is 0 Å².